The van der Waals surface area contributed by atoms with Gasteiger partial charge in [0, 0.05) is 40.8 Å². The zero-order chi connectivity index (χ0) is 12.2. The van der Waals surface area contributed by atoms with Crippen LogP contribution >= 0.6 is 0 Å². The SMILES string of the molecule is CC1CN(C(C)(C)C)c2ccc3[nH]ccc3c21. The molecule has 3 rings (SSSR count). The summed E-state index contributed by atoms with van der Waals surface area (Å²) in [5.41, 5.74) is 4.38. The van der Waals surface area contributed by atoms with Crippen molar-refractivity contribution in [2.45, 2.75) is 39.2 Å². The van der Waals surface area contributed by atoms with Crippen molar-refractivity contribution in [3.8, 4) is 0 Å². The number of nitrogens with one attached hydrogen (secondary N) is 1. The standard InChI is InChI=1S/C15H20N2/c1-10-9-17(15(2,3)4)13-6-5-12-11(14(10)13)7-8-16-12/h5-8,10,16H,9H2,1-4H3. The average molecular weight is 228 g/mol. The minimum absolute atomic E-state index is 0.198. The lowest BCUT2D eigenvalue weighted by Gasteiger charge is -2.34. The average Bonchev–Trinajstić information content (AvgIpc) is 2.80. The molecule has 1 N–H and O–H groups in total. The zero-order valence-electron chi connectivity index (χ0n) is 11.0. The van der Waals surface area contributed by atoms with E-state index in [2.05, 4.69) is 55.8 Å². The van der Waals surface area contributed by atoms with Gasteiger partial charge in [0.05, 0.1) is 0 Å². The first kappa shape index (κ1) is 10.7. The van der Waals surface area contributed by atoms with Gasteiger partial charge in [0.25, 0.3) is 0 Å². The van der Waals surface area contributed by atoms with Crippen molar-refractivity contribution in [1.82, 2.24) is 4.98 Å². The number of aromatic nitrogens is 1. The summed E-state index contributed by atoms with van der Waals surface area (Å²) in [7, 11) is 0. The number of hydrogen-bond acceptors (Lipinski definition) is 1. The van der Waals surface area contributed by atoms with Crippen molar-refractivity contribution < 1.29 is 0 Å². The van der Waals surface area contributed by atoms with Crippen LogP contribution in [0.1, 0.15) is 39.2 Å². The minimum atomic E-state index is 0.198. The van der Waals surface area contributed by atoms with Crippen LogP contribution in [0.4, 0.5) is 5.69 Å². The van der Waals surface area contributed by atoms with Crippen LogP contribution in [0, 0.1) is 0 Å². The Labute approximate surface area is 103 Å². The van der Waals surface area contributed by atoms with E-state index in [1.807, 2.05) is 6.20 Å². The van der Waals surface area contributed by atoms with Crippen molar-refractivity contribution in [3.63, 3.8) is 0 Å². The predicted molar refractivity (Wildman–Crippen MR) is 73.8 cm³/mol. The van der Waals surface area contributed by atoms with E-state index in [1.165, 1.54) is 22.2 Å². The molecular weight excluding hydrogens is 208 g/mol. The third-order valence-corrected chi connectivity index (χ3v) is 3.80. The van der Waals surface area contributed by atoms with Crippen LogP contribution in [0.25, 0.3) is 10.9 Å². The number of benzene rings is 1. The third-order valence-electron chi connectivity index (χ3n) is 3.80. The molecule has 2 aromatic rings. The van der Waals surface area contributed by atoms with Gasteiger partial charge in [-0.05, 0) is 44.5 Å². The maximum Gasteiger partial charge on any atom is 0.0458 e. The van der Waals surface area contributed by atoms with Crippen LogP contribution < -0.4 is 4.90 Å². The smallest absolute Gasteiger partial charge is 0.0458 e. The summed E-state index contributed by atoms with van der Waals surface area (Å²) >= 11 is 0. The molecule has 1 aliphatic rings. The van der Waals surface area contributed by atoms with E-state index in [0.717, 1.165) is 6.54 Å². The van der Waals surface area contributed by atoms with Gasteiger partial charge in [-0.25, -0.2) is 0 Å². The second-order valence-electron chi connectivity index (χ2n) is 6.12. The van der Waals surface area contributed by atoms with Gasteiger partial charge in [0.2, 0.25) is 0 Å². The van der Waals surface area contributed by atoms with Gasteiger partial charge in [-0.1, -0.05) is 6.92 Å². The van der Waals surface area contributed by atoms with Crippen LogP contribution in [0.15, 0.2) is 24.4 Å². The topological polar surface area (TPSA) is 19.0 Å². The molecule has 1 unspecified atom stereocenters. The van der Waals surface area contributed by atoms with E-state index in [9.17, 15) is 0 Å². The van der Waals surface area contributed by atoms with Gasteiger partial charge in [0.15, 0.2) is 0 Å². The number of anilines is 1. The lowest BCUT2D eigenvalue weighted by atomic mass is 9.99. The molecule has 0 spiro atoms. The first-order valence-electron chi connectivity index (χ1n) is 6.36. The summed E-state index contributed by atoms with van der Waals surface area (Å²) in [5, 5.41) is 1.39. The van der Waals surface area contributed by atoms with Crippen molar-refractivity contribution in [3.05, 3.63) is 30.0 Å². The summed E-state index contributed by atoms with van der Waals surface area (Å²) in [4.78, 5) is 5.83. The summed E-state index contributed by atoms with van der Waals surface area (Å²) in [6, 6.07) is 6.67. The number of aromatic amines is 1. The van der Waals surface area contributed by atoms with Gasteiger partial charge in [-0.15, -0.1) is 0 Å². The van der Waals surface area contributed by atoms with E-state index in [-0.39, 0.29) is 5.54 Å². The molecule has 0 saturated carbocycles. The highest BCUT2D eigenvalue weighted by Crippen LogP contribution is 2.43. The highest BCUT2D eigenvalue weighted by Gasteiger charge is 2.33. The molecule has 0 radical (unpaired) electrons. The lowest BCUT2D eigenvalue weighted by molar-refractivity contribution is 0.506. The fraction of sp³-hybridized carbons (Fsp3) is 0.467. The summed E-state index contributed by atoms with van der Waals surface area (Å²) < 4.78 is 0. The molecule has 90 valence electrons. The van der Waals surface area contributed by atoms with E-state index < -0.39 is 0 Å². The first-order chi connectivity index (χ1) is 7.98. The molecular formula is C15H20N2. The Balaban J connectivity index is 2.24. The van der Waals surface area contributed by atoms with Gasteiger partial charge >= 0.3 is 0 Å². The minimum Gasteiger partial charge on any atom is -0.366 e. The first-order valence-corrected chi connectivity index (χ1v) is 6.36. The number of fused-ring (bicyclic) bond motifs is 3. The molecule has 1 aromatic heterocycles. The summed E-state index contributed by atoms with van der Waals surface area (Å²) in [6.07, 6.45) is 2.04. The number of nitrogens with zero attached hydrogens (tertiary/aromatic N) is 1. The molecule has 1 aromatic carbocycles. The van der Waals surface area contributed by atoms with E-state index in [4.69, 9.17) is 0 Å². The zero-order valence-corrected chi connectivity index (χ0v) is 11.0. The van der Waals surface area contributed by atoms with Crippen LogP contribution in [-0.4, -0.2) is 17.1 Å². The molecule has 2 heterocycles. The van der Waals surface area contributed by atoms with E-state index >= 15 is 0 Å². The Hall–Kier alpha value is -1.44. The van der Waals surface area contributed by atoms with Crippen molar-refractivity contribution in [2.75, 3.05) is 11.4 Å². The number of hydrogen-bond donors (Lipinski definition) is 1. The highest BCUT2D eigenvalue weighted by molar-refractivity contribution is 5.90. The second-order valence-corrected chi connectivity index (χ2v) is 6.12. The van der Waals surface area contributed by atoms with E-state index in [1.54, 1.807) is 0 Å². The van der Waals surface area contributed by atoms with Gasteiger partial charge in [0.1, 0.15) is 0 Å². The fourth-order valence-electron chi connectivity index (χ4n) is 3.00. The van der Waals surface area contributed by atoms with Gasteiger partial charge in [-0.3, -0.25) is 0 Å². The van der Waals surface area contributed by atoms with Crippen molar-refractivity contribution in [1.29, 1.82) is 0 Å². The predicted octanol–water partition coefficient (Wildman–Crippen LogP) is 3.89. The Morgan fingerprint density at radius 3 is 2.71 bits per heavy atom. The highest BCUT2D eigenvalue weighted by atomic mass is 15.2. The molecule has 0 saturated heterocycles. The molecule has 17 heavy (non-hydrogen) atoms. The number of rotatable bonds is 0. The maximum atomic E-state index is 3.30. The molecule has 0 amide bonds. The molecule has 1 atom stereocenters. The van der Waals surface area contributed by atoms with Crippen LogP contribution in [0.3, 0.4) is 0 Å². The van der Waals surface area contributed by atoms with Crippen LogP contribution in [-0.2, 0) is 0 Å². The molecule has 0 bridgehead atoms. The van der Waals surface area contributed by atoms with Crippen LogP contribution in [0.5, 0.6) is 0 Å². The Bertz CT molecular complexity index is 560. The normalized spacial score (nSPS) is 20.0. The second kappa shape index (κ2) is 3.28. The van der Waals surface area contributed by atoms with Crippen LogP contribution in [0.2, 0.25) is 0 Å². The third kappa shape index (κ3) is 1.47. The quantitative estimate of drug-likeness (QED) is 0.724. The lowest BCUT2D eigenvalue weighted by Crippen LogP contribution is -2.40. The molecule has 2 heteroatoms. The summed E-state index contributed by atoms with van der Waals surface area (Å²) in [5.74, 6) is 0.615. The molecule has 0 fully saturated rings. The van der Waals surface area contributed by atoms with Gasteiger partial charge in [-0.2, -0.15) is 0 Å². The fourth-order valence-corrected chi connectivity index (χ4v) is 3.00. The molecule has 1 aliphatic heterocycles. The monoisotopic (exact) mass is 228 g/mol. The Morgan fingerprint density at radius 1 is 1.24 bits per heavy atom. The van der Waals surface area contributed by atoms with Gasteiger partial charge < -0.3 is 9.88 Å². The summed E-state index contributed by atoms with van der Waals surface area (Å²) in [6.45, 7) is 10.3. The van der Waals surface area contributed by atoms with Crippen molar-refractivity contribution in [2.24, 2.45) is 0 Å². The number of H-pyrrole nitrogens is 1. The Morgan fingerprint density at radius 2 is 2.00 bits per heavy atom. The molecule has 0 aliphatic carbocycles. The van der Waals surface area contributed by atoms with Crippen molar-refractivity contribution >= 4 is 16.6 Å². The molecule has 2 nitrogen and oxygen atoms in total. The van der Waals surface area contributed by atoms with E-state index in [0.29, 0.717) is 5.92 Å². The maximum absolute atomic E-state index is 3.30. The Kier molecular flexibility index (Phi) is 2.07. The largest absolute Gasteiger partial charge is 0.366 e.